The van der Waals surface area contributed by atoms with E-state index in [1.54, 1.807) is 0 Å². The molecule has 3 rings (SSSR count). The van der Waals surface area contributed by atoms with Gasteiger partial charge in [0.05, 0.1) is 12.1 Å². The minimum atomic E-state index is -4.52. The van der Waals surface area contributed by atoms with Crippen LogP contribution in [0.4, 0.5) is 22.0 Å². The van der Waals surface area contributed by atoms with E-state index >= 15 is 0 Å². The van der Waals surface area contributed by atoms with Crippen molar-refractivity contribution in [2.75, 3.05) is 0 Å². The molecule has 0 fully saturated rings. The number of rotatable bonds is 8. The van der Waals surface area contributed by atoms with Gasteiger partial charge < -0.3 is 11.1 Å². The molecule has 0 aromatic heterocycles. The number of allylic oxidation sites excluding steroid dienone is 1. The average molecular weight is 506 g/mol. The highest BCUT2D eigenvalue weighted by atomic mass is 19.4. The molecule has 0 saturated carbocycles. The predicted molar refractivity (Wildman–Crippen MR) is 134 cm³/mol. The van der Waals surface area contributed by atoms with Gasteiger partial charge in [-0.15, -0.1) is 0 Å². The van der Waals surface area contributed by atoms with Gasteiger partial charge in [-0.05, 0) is 61.8 Å². The normalized spacial score (nSPS) is 15.1. The van der Waals surface area contributed by atoms with Gasteiger partial charge >= 0.3 is 6.18 Å². The van der Waals surface area contributed by atoms with E-state index < -0.39 is 23.4 Å². The van der Waals surface area contributed by atoms with Crippen LogP contribution in [0.5, 0.6) is 0 Å². The fourth-order valence-electron chi connectivity index (χ4n) is 4.38. The van der Waals surface area contributed by atoms with Crippen molar-refractivity contribution in [3.05, 3.63) is 88.1 Å². The van der Waals surface area contributed by atoms with Crippen LogP contribution >= 0.6 is 0 Å². The third-order valence-corrected chi connectivity index (χ3v) is 6.31. The summed E-state index contributed by atoms with van der Waals surface area (Å²) in [4.78, 5) is 4.51. The van der Waals surface area contributed by atoms with Gasteiger partial charge in [0.15, 0.2) is 0 Å². The van der Waals surface area contributed by atoms with Crippen molar-refractivity contribution < 1.29 is 22.0 Å². The maximum Gasteiger partial charge on any atom is 0.416 e. The van der Waals surface area contributed by atoms with Crippen LogP contribution in [0.3, 0.4) is 0 Å². The van der Waals surface area contributed by atoms with Gasteiger partial charge in [-0.25, -0.2) is 8.78 Å². The molecule has 3 nitrogen and oxygen atoms in total. The maximum absolute atomic E-state index is 14.7. The van der Waals surface area contributed by atoms with Gasteiger partial charge in [0.25, 0.3) is 0 Å². The van der Waals surface area contributed by atoms with Crippen molar-refractivity contribution >= 4 is 11.5 Å². The van der Waals surface area contributed by atoms with Crippen molar-refractivity contribution in [3.63, 3.8) is 0 Å². The molecule has 2 aromatic rings. The third-order valence-electron chi connectivity index (χ3n) is 6.31. The van der Waals surface area contributed by atoms with E-state index in [9.17, 15) is 22.0 Å². The summed E-state index contributed by atoms with van der Waals surface area (Å²) in [5.74, 6) is -1.12. The summed E-state index contributed by atoms with van der Waals surface area (Å²) in [7, 11) is 0. The molecule has 1 aliphatic rings. The molecule has 0 radical (unpaired) electrons. The van der Waals surface area contributed by atoms with Gasteiger partial charge in [-0.3, -0.25) is 4.99 Å². The predicted octanol–water partition coefficient (Wildman–Crippen LogP) is 7.66. The summed E-state index contributed by atoms with van der Waals surface area (Å²) < 4.78 is 69.4. The van der Waals surface area contributed by atoms with E-state index in [2.05, 4.69) is 16.9 Å². The lowest BCUT2D eigenvalue weighted by molar-refractivity contribution is -0.138. The number of unbranched alkanes of at least 4 members (excludes halogenated alkanes) is 1. The Morgan fingerprint density at radius 2 is 1.81 bits per heavy atom. The summed E-state index contributed by atoms with van der Waals surface area (Å²) in [5.41, 5.74) is 7.72. The van der Waals surface area contributed by atoms with E-state index in [0.29, 0.717) is 42.5 Å². The first kappa shape index (κ1) is 27.4. The highest BCUT2D eigenvalue weighted by Crippen LogP contribution is 2.32. The first-order valence-corrected chi connectivity index (χ1v) is 12.2. The smallest absolute Gasteiger partial charge is 0.402 e. The summed E-state index contributed by atoms with van der Waals surface area (Å²) in [6.45, 7) is 5.73. The number of aliphatic imine (C=N–C) groups is 1. The van der Waals surface area contributed by atoms with Crippen LogP contribution in [0, 0.1) is 11.6 Å². The Morgan fingerprint density at radius 1 is 1.08 bits per heavy atom. The third kappa shape index (κ3) is 6.95. The van der Waals surface area contributed by atoms with Crippen molar-refractivity contribution in [2.24, 2.45) is 10.7 Å². The molecule has 0 unspecified atom stereocenters. The maximum atomic E-state index is 14.7. The zero-order valence-electron chi connectivity index (χ0n) is 20.4. The molecule has 1 aliphatic carbocycles. The first-order chi connectivity index (χ1) is 17.1. The number of amidine groups is 1. The fraction of sp³-hybridized carbons (Fsp3) is 0.393. The Bertz CT molecular complexity index is 1150. The van der Waals surface area contributed by atoms with Gasteiger partial charge in [0.2, 0.25) is 0 Å². The second-order valence-electron chi connectivity index (χ2n) is 9.01. The lowest BCUT2D eigenvalue weighted by Gasteiger charge is -2.20. The molecule has 36 heavy (non-hydrogen) atoms. The Balaban J connectivity index is 2.02. The largest absolute Gasteiger partial charge is 0.416 e. The molecule has 194 valence electrons. The second-order valence-corrected chi connectivity index (χ2v) is 9.01. The quantitative estimate of drug-likeness (QED) is 0.220. The van der Waals surface area contributed by atoms with Crippen LogP contribution in [0.15, 0.2) is 59.2 Å². The van der Waals surface area contributed by atoms with Crippen molar-refractivity contribution in [2.45, 2.75) is 71.0 Å². The standard InChI is InChI=1S/C28H32F5N3/c1-3-4-11-21-23(15-20(29)16-25(21)30)18(2)36-27(22-12-6-5-7-14-26(22)34)35-17-19-10-8-9-13-24(19)28(31,32)33/h8-10,13,15-16H,2-7,11-12,14,17,34H2,1H3,(H,35,36). The summed E-state index contributed by atoms with van der Waals surface area (Å²) >= 11 is 0. The molecule has 2 aromatic carbocycles. The van der Waals surface area contributed by atoms with Crippen molar-refractivity contribution in [1.82, 2.24) is 5.32 Å². The second kappa shape index (κ2) is 12.2. The van der Waals surface area contributed by atoms with E-state index in [0.717, 1.165) is 37.8 Å². The molecule has 0 amide bonds. The first-order valence-electron chi connectivity index (χ1n) is 12.2. The number of halogens is 5. The van der Waals surface area contributed by atoms with Gasteiger partial charge in [-0.2, -0.15) is 13.2 Å². The van der Waals surface area contributed by atoms with Crippen LogP contribution < -0.4 is 11.1 Å². The Hall–Kier alpha value is -3.16. The number of nitrogens with two attached hydrogens (primary N) is 1. The lowest BCUT2D eigenvalue weighted by atomic mass is 9.98. The topological polar surface area (TPSA) is 50.4 Å². The van der Waals surface area contributed by atoms with Gasteiger partial charge in [-0.1, -0.05) is 44.5 Å². The Kier molecular flexibility index (Phi) is 9.29. The molecule has 0 bridgehead atoms. The Labute approximate surface area is 209 Å². The van der Waals surface area contributed by atoms with Gasteiger partial charge in [0.1, 0.15) is 17.5 Å². The van der Waals surface area contributed by atoms with E-state index in [4.69, 9.17) is 5.73 Å². The molecule has 0 aliphatic heterocycles. The van der Waals surface area contributed by atoms with Crippen molar-refractivity contribution in [1.29, 1.82) is 0 Å². The number of hydrogen-bond acceptors (Lipinski definition) is 2. The number of nitrogens with one attached hydrogen (secondary N) is 1. The number of nitrogens with zero attached hydrogens (tertiary/aromatic N) is 1. The molecule has 8 heteroatoms. The number of benzene rings is 2. The summed E-state index contributed by atoms with van der Waals surface area (Å²) in [6, 6.07) is 7.32. The number of hydrogen-bond donors (Lipinski definition) is 2. The zero-order valence-corrected chi connectivity index (χ0v) is 20.4. The molecular weight excluding hydrogens is 473 g/mol. The van der Waals surface area contributed by atoms with Crippen LogP contribution in [0.25, 0.3) is 5.70 Å². The number of alkyl halides is 3. The summed E-state index contributed by atoms with van der Waals surface area (Å²) in [6.07, 6.45) is 1.35. The van der Waals surface area contributed by atoms with E-state index in [1.807, 2.05) is 6.92 Å². The van der Waals surface area contributed by atoms with Crippen molar-refractivity contribution in [3.8, 4) is 0 Å². The van der Waals surface area contributed by atoms with Crippen LogP contribution in [0.2, 0.25) is 0 Å². The van der Waals surface area contributed by atoms with Crippen LogP contribution in [-0.4, -0.2) is 5.84 Å². The van der Waals surface area contributed by atoms with E-state index in [-0.39, 0.29) is 29.2 Å². The highest BCUT2D eigenvalue weighted by Gasteiger charge is 2.32. The SMILES string of the molecule is C=C(NC(=NCc1ccccc1C(F)(F)F)C1=C(N)CCCCC1)c1cc(F)cc(F)c1CCCC. The fourth-order valence-corrected chi connectivity index (χ4v) is 4.38. The van der Waals surface area contributed by atoms with Crippen LogP contribution in [0.1, 0.15) is 74.1 Å². The molecule has 3 N–H and O–H groups in total. The minimum Gasteiger partial charge on any atom is -0.402 e. The molecule has 0 heterocycles. The molecular formula is C28H32F5N3. The Morgan fingerprint density at radius 3 is 2.53 bits per heavy atom. The summed E-state index contributed by atoms with van der Waals surface area (Å²) in [5, 5.41) is 3.06. The zero-order chi connectivity index (χ0) is 26.3. The molecule has 0 saturated heterocycles. The highest BCUT2D eigenvalue weighted by molar-refractivity contribution is 6.03. The lowest BCUT2D eigenvalue weighted by Crippen LogP contribution is -2.27. The molecule has 0 atom stereocenters. The van der Waals surface area contributed by atoms with Crippen LogP contribution in [-0.2, 0) is 19.1 Å². The average Bonchev–Trinajstić information content (AvgIpc) is 3.04. The van der Waals surface area contributed by atoms with Gasteiger partial charge in [0, 0.05) is 28.6 Å². The molecule has 0 spiro atoms. The minimum absolute atomic E-state index is 0.0168. The van der Waals surface area contributed by atoms with E-state index in [1.165, 1.54) is 24.3 Å². The monoisotopic (exact) mass is 505 g/mol.